The third kappa shape index (κ3) is 3.56. The fraction of sp³-hybridized carbons (Fsp3) is 0.533. The molecule has 2 aromatic rings. The standard InChI is InChI=1S/C15H19F3N2O/c1-3-5-14(21,4-2)8-11-6-10-7-13(15(16,17)18)19-9-12(10)20-11/h6-7,9,20-21H,3-5,8H2,1-2H3. The molecule has 0 spiro atoms. The van der Waals surface area contributed by atoms with E-state index in [9.17, 15) is 18.3 Å². The van der Waals surface area contributed by atoms with Gasteiger partial charge in [-0.1, -0.05) is 20.3 Å². The molecular formula is C15H19F3N2O. The zero-order valence-electron chi connectivity index (χ0n) is 12.1. The van der Waals surface area contributed by atoms with Crippen LogP contribution in [-0.4, -0.2) is 20.7 Å². The van der Waals surface area contributed by atoms with Crippen LogP contribution < -0.4 is 0 Å². The summed E-state index contributed by atoms with van der Waals surface area (Å²) in [6, 6.07) is 2.68. The number of pyridine rings is 1. The van der Waals surface area contributed by atoms with E-state index >= 15 is 0 Å². The lowest BCUT2D eigenvalue weighted by Crippen LogP contribution is -2.30. The lowest BCUT2D eigenvalue weighted by Gasteiger charge is -2.25. The second-order valence-electron chi connectivity index (χ2n) is 5.45. The zero-order chi connectivity index (χ0) is 15.7. The molecule has 0 fully saturated rings. The average Bonchev–Trinajstić information content (AvgIpc) is 2.78. The third-order valence-electron chi connectivity index (χ3n) is 3.74. The van der Waals surface area contributed by atoms with E-state index in [0.29, 0.717) is 30.2 Å². The Kier molecular flexibility index (Phi) is 4.27. The van der Waals surface area contributed by atoms with Crippen molar-refractivity contribution in [2.45, 2.75) is 51.3 Å². The summed E-state index contributed by atoms with van der Waals surface area (Å²) >= 11 is 0. The van der Waals surface area contributed by atoms with E-state index in [4.69, 9.17) is 0 Å². The van der Waals surface area contributed by atoms with Gasteiger partial charge >= 0.3 is 6.18 Å². The number of halogens is 3. The third-order valence-corrected chi connectivity index (χ3v) is 3.74. The Morgan fingerprint density at radius 2 is 1.95 bits per heavy atom. The summed E-state index contributed by atoms with van der Waals surface area (Å²) in [7, 11) is 0. The van der Waals surface area contributed by atoms with Crippen LogP contribution in [0.3, 0.4) is 0 Å². The van der Waals surface area contributed by atoms with Gasteiger partial charge in [-0.15, -0.1) is 0 Å². The van der Waals surface area contributed by atoms with Crippen LogP contribution in [-0.2, 0) is 12.6 Å². The second-order valence-corrected chi connectivity index (χ2v) is 5.45. The Balaban J connectivity index is 2.31. The maximum atomic E-state index is 12.6. The van der Waals surface area contributed by atoms with Gasteiger partial charge in [0.1, 0.15) is 5.69 Å². The van der Waals surface area contributed by atoms with Gasteiger partial charge in [0, 0.05) is 17.5 Å². The molecule has 0 aliphatic rings. The highest BCUT2D eigenvalue weighted by molar-refractivity contribution is 5.80. The number of alkyl halides is 3. The average molecular weight is 300 g/mol. The lowest BCUT2D eigenvalue weighted by atomic mass is 9.90. The monoisotopic (exact) mass is 300 g/mol. The van der Waals surface area contributed by atoms with Crippen molar-refractivity contribution in [2.24, 2.45) is 0 Å². The Hall–Kier alpha value is -1.56. The first-order chi connectivity index (χ1) is 9.77. The topological polar surface area (TPSA) is 48.9 Å². The number of aromatic amines is 1. The number of H-pyrrole nitrogens is 1. The van der Waals surface area contributed by atoms with Crippen molar-refractivity contribution in [1.82, 2.24) is 9.97 Å². The number of nitrogens with zero attached hydrogens (tertiary/aromatic N) is 1. The van der Waals surface area contributed by atoms with Crippen LogP contribution in [0.15, 0.2) is 18.3 Å². The molecule has 2 aromatic heterocycles. The molecule has 21 heavy (non-hydrogen) atoms. The van der Waals surface area contributed by atoms with Gasteiger partial charge < -0.3 is 10.1 Å². The zero-order valence-corrected chi connectivity index (χ0v) is 12.1. The van der Waals surface area contributed by atoms with Gasteiger partial charge in [0.2, 0.25) is 0 Å². The van der Waals surface area contributed by atoms with E-state index in [0.717, 1.165) is 18.2 Å². The minimum absolute atomic E-state index is 0.396. The van der Waals surface area contributed by atoms with Crippen LogP contribution in [0.25, 0.3) is 10.9 Å². The van der Waals surface area contributed by atoms with Crippen molar-refractivity contribution in [3.8, 4) is 0 Å². The summed E-state index contributed by atoms with van der Waals surface area (Å²) in [6.07, 6.45) is -0.755. The summed E-state index contributed by atoms with van der Waals surface area (Å²) in [5, 5.41) is 10.9. The minimum Gasteiger partial charge on any atom is -0.389 e. The summed E-state index contributed by atoms with van der Waals surface area (Å²) < 4.78 is 37.9. The van der Waals surface area contributed by atoms with Gasteiger partial charge in [0.15, 0.2) is 0 Å². The molecule has 0 aromatic carbocycles. The molecule has 1 atom stereocenters. The van der Waals surface area contributed by atoms with E-state index in [1.54, 1.807) is 6.07 Å². The fourth-order valence-corrected chi connectivity index (χ4v) is 2.55. The number of hydrogen-bond acceptors (Lipinski definition) is 2. The largest absolute Gasteiger partial charge is 0.433 e. The molecule has 116 valence electrons. The molecule has 0 saturated carbocycles. The number of nitrogens with one attached hydrogen (secondary N) is 1. The molecule has 2 heterocycles. The van der Waals surface area contributed by atoms with Gasteiger partial charge in [0.25, 0.3) is 0 Å². The van der Waals surface area contributed by atoms with Crippen LogP contribution in [0.2, 0.25) is 0 Å². The van der Waals surface area contributed by atoms with Gasteiger partial charge in [-0.2, -0.15) is 13.2 Å². The molecule has 0 aliphatic carbocycles. The number of aliphatic hydroxyl groups is 1. The lowest BCUT2D eigenvalue weighted by molar-refractivity contribution is -0.141. The predicted octanol–water partition coefficient (Wildman–Crippen LogP) is 4.07. The van der Waals surface area contributed by atoms with Crippen molar-refractivity contribution in [3.05, 3.63) is 29.7 Å². The number of aromatic nitrogens is 2. The van der Waals surface area contributed by atoms with Gasteiger partial charge in [-0.25, -0.2) is 4.98 Å². The fourth-order valence-electron chi connectivity index (χ4n) is 2.55. The SMILES string of the molecule is CCCC(O)(CC)Cc1cc2cc(C(F)(F)F)ncc2[nH]1. The first-order valence-corrected chi connectivity index (χ1v) is 7.04. The van der Waals surface area contributed by atoms with Crippen LogP contribution in [0, 0.1) is 0 Å². The van der Waals surface area contributed by atoms with Crippen molar-refractivity contribution in [1.29, 1.82) is 0 Å². The van der Waals surface area contributed by atoms with Crippen LogP contribution >= 0.6 is 0 Å². The molecule has 2 rings (SSSR count). The predicted molar refractivity (Wildman–Crippen MR) is 74.9 cm³/mol. The first-order valence-electron chi connectivity index (χ1n) is 7.04. The molecular weight excluding hydrogens is 281 g/mol. The van der Waals surface area contributed by atoms with E-state index < -0.39 is 17.5 Å². The molecule has 0 saturated heterocycles. The summed E-state index contributed by atoms with van der Waals surface area (Å²) in [4.78, 5) is 6.46. The number of rotatable bonds is 5. The minimum atomic E-state index is -4.45. The van der Waals surface area contributed by atoms with Crippen LogP contribution in [0.1, 0.15) is 44.5 Å². The van der Waals surface area contributed by atoms with Crippen LogP contribution in [0.5, 0.6) is 0 Å². The van der Waals surface area contributed by atoms with Crippen molar-refractivity contribution >= 4 is 10.9 Å². The van der Waals surface area contributed by atoms with Crippen molar-refractivity contribution in [3.63, 3.8) is 0 Å². The molecule has 0 aliphatic heterocycles. The highest BCUT2D eigenvalue weighted by Gasteiger charge is 2.32. The van der Waals surface area contributed by atoms with Gasteiger partial charge in [0.05, 0.1) is 17.3 Å². The van der Waals surface area contributed by atoms with E-state index in [1.807, 2.05) is 13.8 Å². The molecule has 1 unspecified atom stereocenters. The van der Waals surface area contributed by atoms with Crippen molar-refractivity contribution < 1.29 is 18.3 Å². The number of hydrogen-bond donors (Lipinski definition) is 2. The number of fused-ring (bicyclic) bond motifs is 1. The highest BCUT2D eigenvalue weighted by Crippen LogP contribution is 2.30. The maximum Gasteiger partial charge on any atom is 0.433 e. The molecule has 2 N–H and O–H groups in total. The van der Waals surface area contributed by atoms with E-state index in [-0.39, 0.29) is 0 Å². The summed E-state index contributed by atoms with van der Waals surface area (Å²) in [5.41, 5.74) is -0.452. The Morgan fingerprint density at radius 3 is 2.52 bits per heavy atom. The maximum absolute atomic E-state index is 12.6. The Labute approximate surface area is 121 Å². The smallest absolute Gasteiger partial charge is 0.389 e. The quantitative estimate of drug-likeness (QED) is 0.874. The summed E-state index contributed by atoms with van der Waals surface area (Å²) in [5.74, 6) is 0. The van der Waals surface area contributed by atoms with Gasteiger partial charge in [-0.3, -0.25) is 0 Å². The Bertz CT molecular complexity index is 621. The molecule has 6 heteroatoms. The van der Waals surface area contributed by atoms with E-state index in [2.05, 4.69) is 9.97 Å². The second kappa shape index (κ2) is 5.67. The molecule has 3 nitrogen and oxygen atoms in total. The van der Waals surface area contributed by atoms with Crippen LogP contribution in [0.4, 0.5) is 13.2 Å². The van der Waals surface area contributed by atoms with E-state index in [1.165, 1.54) is 6.20 Å². The molecule has 0 radical (unpaired) electrons. The molecule has 0 amide bonds. The Morgan fingerprint density at radius 1 is 1.24 bits per heavy atom. The first kappa shape index (κ1) is 15.8. The molecule has 0 bridgehead atoms. The highest BCUT2D eigenvalue weighted by atomic mass is 19.4. The normalized spacial score (nSPS) is 15.3. The van der Waals surface area contributed by atoms with Gasteiger partial charge in [-0.05, 0) is 25.0 Å². The van der Waals surface area contributed by atoms with Crippen molar-refractivity contribution in [2.75, 3.05) is 0 Å². The summed E-state index contributed by atoms with van der Waals surface area (Å²) in [6.45, 7) is 3.90.